The lowest BCUT2D eigenvalue weighted by Crippen LogP contribution is -2.16. The molecule has 0 saturated heterocycles. The molecule has 84 valence electrons. The molecule has 0 fully saturated rings. The molecule has 6 heteroatoms. The molecule has 1 amide bonds. The van der Waals surface area contributed by atoms with Gasteiger partial charge in [0.25, 0.3) is 5.91 Å². The van der Waals surface area contributed by atoms with Gasteiger partial charge in [0.1, 0.15) is 5.69 Å². The predicted molar refractivity (Wildman–Crippen MR) is 59.2 cm³/mol. The highest BCUT2D eigenvalue weighted by Crippen LogP contribution is 2.06. The summed E-state index contributed by atoms with van der Waals surface area (Å²) in [4.78, 5) is 18.8. The minimum atomic E-state index is -0.225. The smallest absolute Gasteiger partial charge is 0.276 e. The summed E-state index contributed by atoms with van der Waals surface area (Å²) in [6.45, 7) is 3.71. The molecule has 0 atom stereocenters. The molecule has 0 unspecified atom stereocenters. The zero-order chi connectivity index (χ0) is 11.7. The molecule has 2 rings (SSSR count). The van der Waals surface area contributed by atoms with Crippen LogP contribution in [0.25, 0.3) is 0 Å². The Kier molecular flexibility index (Phi) is 2.47. The molecule has 2 N–H and O–H groups in total. The van der Waals surface area contributed by atoms with E-state index in [0.717, 1.165) is 11.4 Å². The van der Waals surface area contributed by atoms with Crippen LogP contribution < -0.4 is 5.32 Å². The molecule has 2 aromatic heterocycles. The van der Waals surface area contributed by atoms with Gasteiger partial charge in [-0.05, 0) is 19.9 Å². The molecule has 0 bridgehead atoms. The monoisotopic (exact) mass is 219 g/mol. The highest BCUT2D eigenvalue weighted by atomic mass is 16.2. The number of aryl methyl sites for hydroxylation is 3. The summed E-state index contributed by atoms with van der Waals surface area (Å²) in [5.74, 6) is 0.221. The van der Waals surface area contributed by atoms with Crippen LogP contribution in [0.2, 0.25) is 0 Å². The van der Waals surface area contributed by atoms with Gasteiger partial charge in [0.15, 0.2) is 0 Å². The Morgan fingerprint density at radius 1 is 1.50 bits per heavy atom. The molecular formula is C10H13N5O. The Balaban J connectivity index is 2.17. The zero-order valence-electron chi connectivity index (χ0n) is 9.40. The molecule has 0 aliphatic rings. The van der Waals surface area contributed by atoms with Crippen LogP contribution in [-0.2, 0) is 7.05 Å². The molecule has 6 nitrogen and oxygen atoms in total. The standard InChI is InChI=1S/C10H13N5O/c1-6-4-8(15(3)14-6)9(16)13-10-11-5-7(2)12-10/h4-5H,1-3H3,(H2,11,12,13,16). The van der Waals surface area contributed by atoms with Gasteiger partial charge < -0.3 is 4.98 Å². The normalized spacial score (nSPS) is 10.4. The van der Waals surface area contributed by atoms with Gasteiger partial charge in [-0.2, -0.15) is 5.10 Å². The highest BCUT2D eigenvalue weighted by Gasteiger charge is 2.12. The molecule has 0 aromatic carbocycles. The van der Waals surface area contributed by atoms with E-state index < -0.39 is 0 Å². The van der Waals surface area contributed by atoms with Gasteiger partial charge in [-0.3, -0.25) is 14.8 Å². The van der Waals surface area contributed by atoms with Gasteiger partial charge in [0, 0.05) is 18.9 Å². The van der Waals surface area contributed by atoms with E-state index in [2.05, 4.69) is 20.4 Å². The lowest BCUT2D eigenvalue weighted by atomic mass is 10.3. The van der Waals surface area contributed by atoms with Crippen molar-refractivity contribution in [1.29, 1.82) is 0 Å². The Labute approximate surface area is 92.7 Å². The number of rotatable bonds is 2. The van der Waals surface area contributed by atoms with Crippen molar-refractivity contribution in [3.8, 4) is 0 Å². The fourth-order valence-corrected chi connectivity index (χ4v) is 1.47. The summed E-state index contributed by atoms with van der Waals surface area (Å²) in [5, 5.41) is 6.77. The predicted octanol–water partition coefficient (Wildman–Crippen LogP) is 1.01. The van der Waals surface area contributed by atoms with E-state index in [-0.39, 0.29) is 5.91 Å². The summed E-state index contributed by atoms with van der Waals surface area (Å²) < 4.78 is 1.54. The van der Waals surface area contributed by atoms with E-state index in [1.807, 2.05) is 13.8 Å². The first-order valence-electron chi connectivity index (χ1n) is 4.90. The maximum Gasteiger partial charge on any atom is 0.276 e. The van der Waals surface area contributed by atoms with Gasteiger partial charge in [-0.25, -0.2) is 4.98 Å². The quantitative estimate of drug-likeness (QED) is 0.791. The fraction of sp³-hybridized carbons (Fsp3) is 0.300. The van der Waals surface area contributed by atoms with Crippen LogP contribution in [0.3, 0.4) is 0 Å². The summed E-state index contributed by atoms with van der Waals surface area (Å²) in [5.41, 5.74) is 2.21. The number of nitrogens with zero attached hydrogens (tertiary/aromatic N) is 3. The second-order valence-corrected chi connectivity index (χ2v) is 3.66. The average molecular weight is 219 g/mol. The lowest BCUT2D eigenvalue weighted by molar-refractivity contribution is 0.101. The van der Waals surface area contributed by atoms with Crippen molar-refractivity contribution in [1.82, 2.24) is 19.7 Å². The fourth-order valence-electron chi connectivity index (χ4n) is 1.47. The third-order valence-electron chi connectivity index (χ3n) is 2.17. The first-order valence-corrected chi connectivity index (χ1v) is 4.90. The molecule has 16 heavy (non-hydrogen) atoms. The molecule has 0 aliphatic carbocycles. The average Bonchev–Trinajstić information content (AvgIpc) is 2.73. The minimum absolute atomic E-state index is 0.225. The van der Waals surface area contributed by atoms with Crippen molar-refractivity contribution < 1.29 is 4.79 Å². The van der Waals surface area contributed by atoms with Crippen molar-refractivity contribution in [3.63, 3.8) is 0 Å². The summed E-state index contributed by atoms with van der Waals surface area (Å²) in [6, 6.07) is 1.73. The highest BCUT2D eigenvalue weighted by molar-refractivity contribution is 6.02. The molecule has 2 aromatic rings. The summed E-state index contributed by atoms with van der Waals surface area (Å²) in [6.07, 6.45) is 1.66. The van der Waals surface area contributed by atoms with Gasteiger partial charge in [-0.1, -0.05) is 0 Å². The van der Waals surface area contributed by atoms with Crippen molar-refractivity contribution in [2.45, 2.75) is 13.8 Å². The van der Waals surface area contributed by atoms with Crippen molar-refractivity contribution in [3.05, 3.63) is 29.3 Å². The molecule has 0 aliphatic heterocycles. The third kappa shape index (κ3) is 1.95. The van der Waals surface area contributed by atoms with Crippen LogP contribution in [0, 0.1) is 13.8 Å². The number of carbonyl (C=O) groups is 1. The number of nitrogens with one attached hydrogen (secondary N) is 2. The van der Waals surface area contributed by atoms with Crippen molar-refractivity contribution in [2.75, 3.05) is 5.32 Å². The van der Waals surface area contributed by atoms with E-state index in [4.69, 9.17) is 0 Å². The first-order chi connectivity index (χ1) is 7.56. The Morgan fingerprint density at radius 3 is 2.75 bits per heavy atom. The number of H-pyrrole nitrogens is 1. The second kappa shape index (κ2) is 3.80. The maximum absolute atomic E-state index is 11.8. The number of aromatic nitrogens is 4. The number of amides is 1. The van der Waals surface area contributed by atoms with Crippen LogP contribution in [0.4, 0.5) is 5.95 Å². The Bertz CT molecular complexity index is 525. The molecular weight excluding hydrogens is 206 g/mol. The topological polar surface area (TPSA) is 75.6 Å². The zero-order valence-corrected chi connectivity index (χ0v) is 9.40. The number of hydrogen-bond acceptors (Lipinski definition) is 3. The van der Waals surface area contributed by atoms with E-state index in [9.17, 15) is 4.79 Å². The van der Waals surface area contributed by atoms with E-state index in [1.165, 1.54) is 0 Å². The SMILES string of the molecule is Cc1cc(C(=O)Nc2ncc(C)[nH]2)n(C)n1. The second-order valence-electron chi connectivity index (χ2n) is 3.66. The van der Waals surface area contributed by atoms with Crippen LogP contribution in [0.5, 0.6) is 0 Å². The van der Waals surface area contributed by atoms with Crippen LogP contribution >= 0.6 is 0 Å². The van der Waals surface area contributed by atoms with Crippen molar-refractivity contribution >= 4 is 11.9 Å². The number of aromatic amines is 1. The Hall–Kier alpha value is -2.11. The lowest BCUT2D eigenvalue weighted by Gasteiger charge is -2.01. The Morgan fingerprint density at radius 2 is 2.25 bits per heavy atom. The van der Waals surface area contributed by atoms with Gasteiger partial charge in [0.05, 0.1) is 5.69 Å². The molecule has 2 heterocycles. The van der Waals surface area contributed by atoms with E-state index in [0.29, 0.717) is 11.6 Å². The number of anilines is 1. The molecule has 0 spiro atoms. The molecule has 0 saturated carbocycles. The maximum atomic E-state index is 11.8. The van der Waals surface area contributed by atoms with E-state index >= 15 is 0 Å². The van der Waals surface area contributed by atoms with E-state index in [1.54, 1.807) is 24.0 Å². The minimum Gasteiger partial charge on any atom is -0.328 e. The number of hydrogen-bond donors (Lipinski definition) is 2. The number of imidazole rings is 1. The van der Waals surface area contributed by atoms with Crippen LogP contribution in [-0.4, -0.2) is 25.7 Å². The number of carbonyl (C=O) groups excluding carboxylic acids is 1. The van der Waals surface area contributed by atoms with Gasteiger partial charge >= 0.3 is 0 Å². The largest absolute Gasteiger partial charge is 0.328 e. The van der Waals surface area contributed by atoms with Crippen molar-refractivity contribution in [2.24, 2.45) is 7.05 Å². The van der Waals surface area contributed by atoms with Gasteiger partial charge in [0.2, 0.25) is 5.95 Å². The summed E-state index contributed by atoms with van der Waals surface area (Å²) in [7, 11) is 1.73. The van der Waals surface area contributed by atoms with Crippen LogP contribution in [0.15, 0.2) is 12.3 Å². The molecule has 0 radical (unpaired) electrons. The first kappa shape index (κ1) is 10.4. The van der Waals surface area contributed by atoms with Gasteiger partial charge in [-0.15, -0.1) is 0 Å². The van der Waals surface area contributed by atoms with Crippen LogP contribution in [0.1, 0.15) is 21.9 Å². The summed E-state index contributed by atoms with van der Waals surface area (Å²) >= 11 is 0. The third-order valence-corrected chi connectivity index (χ3v) is 2.17.